The van der Waals surface area contributed by atoms with Gasteiger partial charge in [-0.3, -0.25) is 0 Å². The first-order valence-corrected chi connectivity index (χ1v) is 5.45. The van der Waals surface area contributed by atoms with Crippen LogP contribution in [0.5, 0.6) is 0 Å². The van der Waals surface area contributed by atoms with Crippen molar-refractivity contribution in [2.45, 2.75) is 27.2 Å². The van der Waals surface area contributed by atoms with Gasteiger partial charge in [0.2, 0.25) is 0 Å². The molecule has 1 aromatic rings. The Balaban J connectivity index is 2.65. The maximum Gasteiger partial charge on any atom is 0.128 e. The van der Waals surface area contributed by atoms with Crippen LogP contribution in [-0.2, 0) is 0 Å². The molecule has 0 spiro atoms. The summed E-state index contributed by atoms with van der Waals surface area (Å²) in [6.45, 7) is 7.44. The van der Waals surface area contributed by atoms with Gasteiger partial charge in [0.25, 0.3) is 0 Å². The molecule has 0 aliphatic heterocycles. The second-order valence-electron chi connectivity index (χ2n) is 4.45. The molecule has 0 radical (unpaired) electrons. The fourth-order valence-electron chi connectivity index (χ4n) is 1.34. The summed E-state index contributed by atoms with van der Waals surface area (Å²) in [7, 11) is 2.07. The summed E-state index contributed by atoms with van der Waals surface area (Å²) in [5, 5.41) is 0. The van der Waals surface area contributed by atoms with Gasteiger partial charge in [-0.25, -0.2) is 4.98 Å². The lowest BCUT2D eigenvalue weighted by Gasteiger charge is -2.19. The van der Waals surface area contributed by atoms with Crippen LogP contribution in [0.2, 0.25) is 0 Å². The van der Waals surface area contributed by atoms with E-state index >= 15 is 0 Å². The van der Waals surface area contributed by atoms with Crippen molar-refractivity contribution in [1.82, 2.24) is 4.98 Å². The molecule has 0 aliphatic carbocycles. The molecule has 0 atom stereocenters. The Kier molecular flexibility index (Phi) is 3.95. The topological polar surface area (TPSA) is 42.2 Å². The summed E-state index contributed by atoms with van der Waals surface area (Å²) in [6.07, 6.45) is 1.18. The van der Waals surface area contributed by atoms with E-state index in [1.54, 1.807) is 0 Å². The third-order valence-electron chi connectivity index (χ3n) is 2.54. The van der Waals surface area contributed by atoms with E-state index in [0.29, 0.717) is 0 Å². The zero-order chi connectivity index (χ0) is 11.4. The molecule has 0 aliphatic rings. The van der Waals surface area contributed by atoms with E-state index in [0.717, 1.165) is 29.7 Å². The number of nitrogens with zero attached hydrogens (tertiary/aromatic N) is 2. The summed E-state index contributed by atoms with van der Waals surface area (Å²) in [5.41, 5.74) is 7.40. The fraction of sp³-hybridized carbons (Fsp3) is 0.583. The molecule has 0 bridgehead atoms. The van der Waals surface area contributed by atoms with Gasteiger partial charge in [-0.2, -0.15) is 0 Å². The molecule has 0 fully saturated rings. The van der Waals surface area contributed by atoms with Gasteiger partial charge in [0.15, 0.2) is 0 Å². The summed E-state index contributed by atoms with van der Waals surface area (Å²) < 4.78 is 0. The highest BCUT2D eigenvalue weighted by molar-refractivity contribution is 5.49. The molecule has 0 saturated carbocycles. The summed E-state index contributed by atoms with van der Waals surface area (Å²) in [5.74, 6) is 1.73. The number of aromatic nitrogens is 1. The average Bonchev–Trinajstić information content (AvgIpc) is 2.18. The van der Waals surface area contributed by atoms with Crippen molar-refractivity contribution in [2.24, 2.45) is 5.92 Å². The molecular formula is C12H21N3. The van der Waals surface area contributed by atoms with Crippen LogP contribution in [0.4, 0.5) is 11.5 Å². The van der Waals surface area contributed by atoms with Gasteiger partial charge in [0, 0.05) is 13.6 Å². The van der Waals surface area contributed by atoms with E-state index in [9.17, 15) is 0 Å². The monoisotopic (exact) mass is 207 g/mol. The molecule has 15 heavy (non-hydrogen) atoms. The SMILES string of the molecule is Cc1nc(N(C)CCC(C)C)ccc1N. The van der Waals surface area contributed by atoms with E-state index in [2.05, 4.69) is 30.8 Å². The highest BCUT2D eigenvalue weighted by atomic mass is 15.2. The summed E-state index contributed by atoms with van der Waals surface area (Å²) >= 11 is 0. The smallest absolute Gasteiger partial charge is 0.128 e. The molecule has 84 valence electrons. The highest BCUT2D eigenvalue weighted by Crippen LogP contribution is 2.15. The van der Waals surface area contributed by atoms with Crippen molar-refractivity contribution in [2.75, 3.05) is 24.2 Å². The number of anilines is 2. The zero-order valence-corrected chi connectivity index (χ0v) is 10.1. The van der Waals surface area contributed by atoms with Crippen LogP contribution in [0.25, 0.3) is 0 Å². The number of rotatable bonds is 4. The summed E-state index contributed by atoms with van der Waals surface area (Å²) in [6, 6.07) is 3.90. The van der Waals surface area contributed by atoms with Crippen molar-refractivity contribution in [3.63, 3.8) is 0 Å². The molecule has 1 aromatic heterocycles. The van der Waals surface area contributed by atoms with Gasteiger partial charge in [-0.1, -0.05) is 13.8 Å². The Morgan fingerprint density at radius 1 is 1.40 bits per heavy atom. The van der Waals surface area contributed by atoms with Gasteiger partial charge < -0.3 is 10.6 Å². The summed E-state index contributed by atoms with van der Waals surface area (Å²) in [4.78, 5) is 6.62. The number of aryl methyl sites for hydroxylation is 1. The van der Waals surface area contributed by atoms with Crippen molar-refractivity contribution >= 4 is 11.5 Å². The second-order valence-corrected chi connectivity index (χ2v) is 4.45. The number of nitrogens with two attached hydrogens (primary N) is 1. The zero-order valence-electron chi connectivity index (χ0n) is 10.1. The van der Waals surface area contributed by atoms with Crippen molar-refractivity contribution in [1.29, 1.82) is 0 Å². The molecule has 1 heterocycles. The molecule has 3 heteroatoms. The number of hydrogen-bond acceptors (Lipinski definition) is 3. The predicted molar refractivity (Wildman–Crippen MR) is 66.1 cm³/mol. The van der Waals surface area contributed by atoms with Gasteiger partial charge >= 0.3 is 0 Å². The molecule has 0 amide bonds. The molecule has 0 saturated heterocycles. The first kappa shape index (κ1) is 11.8. The number of nitrogen functional groups attached to an aromatic ring is 1. The molecular weight excluding hydrogens is 186 g/mol. The van der Waals surface area contributed by atoms with Crippen molar-refractivity contribution in [3.05, 3.63) is 17.8 Å². The lowest BCUT2D eigenvalue weighted by Crippen LogP contribution is -2.21. The van der Waals surface area contributed by atoms with E-state index < -0.39 is 0 Å². The van der Waals surface area contributed by atoms with E-state index in [4.69, 9.17) is 5.73 Å². The normalized spacial score (nSPS) is 10.7. The largest absolute Gasteiger partial charge is 0.397 e. The highest BCUT2D eigenvalue weighted by Gasteiger charge is 2.04. The van der Waals surface area contributed by atoms with Crippen molar-refractivity contribution < 1.29 is 0 Å². The van der Waals surface area contributed by atoms with Gasteiger partial charge in [0.05, 0.1) is 11.4 Å². The van der Waals surface area contributed by atoms with Crippen LogP contribution in [0.1, 0.15) is 26.0 Å². The second kappa shape index (κ2) is 5.01. The van der Waals surface area contributed by atoms with Crippen LogP contribution >= 0.6 is 0 Å². The Labute approximate surface area is 92.3 Å². The van der Waals surface area contributed by atoms with Gasteiger partial charge in [-0.05, 0) is 31.4 Å². The van der Waals surface area contributed by atoms with E-state index in [1.165, 1.54) is 6.42 Å². The van der Waals surface area contributed by atoms with Crippen LogP contribution in [0, 0.1) is 12.8 Å². The minimum absolute atomic E-state index is 0.724. The van der Waals surface area contributed by atoms with Crippen LogP contribution < -0.4 is 10.6 Å². The lowest BCUT2D eigenvalue weighted by molar-refractivity contribution is 0.583. The third-order valence-corrected chi connectivity index (χ3v) is 2.54. The molecule has 0 aromatic carbocycles. The molecule has 3 nitrogen and oxygen atoms in total. The van der Waals surface area contributed by atoms with Crippen LogP contribution in [0.3, 0.4) is 0 Å². The Bertz CT molecular complexity index is 321. The number of pyridine rings is 1. The standard InChI is InChI=1S/C12H21N3/c1-9(2)7-8-15(4)12-6-5-11(13)10(3)14-12/h5-6,9H,7-8,13H2,1-4H3. The first-order chi connectivity index (χ1) is 7.00. The van der Waals surface area contributed by atoms with Gasteiger partial charge in [0.1, 0.15) is 5.82 Å². The molecule has 1 rings (SSSR count). The quantitative estimate of drug-likeness (QED) is 0.824. The lowest BCUT2D eigenvalue weighted by atomic mass is 10.1. The fourth-order valence-corrected chi connectivity index (χ4v) is 1.34. The van der Waals surface area contributed by atoms with Gasteiger partial charge in [-0.15, -0.1) is 0 Å². The minimum atomic E-state index is 0.724. The predicted octanol–water partition coefficient (Wildman–Crippen LogP) is 2.45. The number of hydrogen-bond donors (Lipinski definition) is 1. The molecule has 2 N–H and O–H groups in total. The maximum absolute atomic E-state index is 5.73. The first-order valence-electron chi connectivity index (χ1n) is 5.45. The maximum atomic E-state index is 5.73. The Morgan fingerprint density at radius 3 is 2.60 bits per heavy atom. The minimum Gasteiger partial charge on any atom is -0.397 e. The van der Waals surface area contributed by atoms with Crippen LogP contribution in [-0.4, -0.2) is 18.6 Å². The van der Waals surface area contributed by atoms with E-state index in [1.807, 2.05) is 19.1 Å². The van der Waals surface area contributed by atoms with Crippen molar-refractivity contribution in [3.8, 4) is 0 Å². The third kappa shape index (κ3) is 3.42. The Morgan fingerprint density at radius 2 is 2.07 bits per heavy atom. The van der Waals surface area contributed by atoms with E-state index in [-0.39, 0.29) is 0 Å². The molecule has 0 unspecified atom stereocenters. The average molecular weight is 207 g/mol. The Hall–Kier alpha value is -1.25. The van der Waals surface area contributed by atoms with Crippen LogP contribution in [0.15, 0.2) is 12.1 Å².